The fraction of sp³-hybridized carbons (Fsp3) is 0.462. The highest BCUT2D eigenvalue weighted by molar-refractivity contribution is 7.17. The Kier molecular flexibility index (Phi) is 3.92. The van der Waals surface area contributed by atoms with Crippen LogP contribution >= 0.6 is 22.7 Å². The second-order valence-electron chi connectivity index (χ2n) is 4.76. The van der Waals surface area contributed by atoms with E-state index in [4.69, 9.17) is 0 Å². The number of hydrogen-bond donors (Lipinski definition) is 0. The SMILES string of the molecule is CC(C)c1ncc(C(=O)c2cnc(C(C)C)s2)s1. The van der Waals surface area contributed by atoms with Gasteiger partial charge in [-0.25, -0.2) is 9.97 Å². The van der Waals surface area contributed by atoms with Crippen molar-refractivity contribution in [2.45, 2.75) is 39.5 Å². The zero-order valence-electron chi connectivity index (χ0n) is 10.9. The van der Waals surface area contributed by atoms with Crippen LogP contribution in [0.3, 0.4) is 0 Å². The fourth-order valence-electron chi connectivity index (χ4n) is 1.44. The molecule has 0 spiro atoms. The maximum Gasteiger partial charge on any atom is 0.216 e. The quantitative estimate of drug-likeness (QED) is 0.793. The molecule has 0 aliphatic rings. The Morgan fingerprint density at radius 2 is 1.33 bits per heavy atom. The van der Waals surface area contributed by atoms with Crippen LogP contribution in [0, 0.1) is 0 Å². The normalized spacial score (nSPS) is 11.4. The lowest BCUT2D eigenvalue weighted by molar-refractivity contribution is 0.104. The van der Waals surface area contributed by atoms with Crippen molar-refractivity contribution in [2.75, 3.05) is 0 Å². The van der Waals surface area contributed by atoms with E-state index in [0.29, 0.717) is 21.6 Å². The topological polar surface area (TPSA) is 42.9 Å². The molecule has 96 valence electrons. The Balaban J connectivity index is 2.24. The van der Waals surface area contributed by atoms with Gasteiger partial charge in [-0.05, 0) is 0 Å². The maximum absolute atomic E-state index is 12.3. The third kappa shape index (κ3) is 2.67. The van der Waals surface area contributed by atoms with E-state index in [0.717, 1.165) is 10.0 Å². The standard InChI is InChI=1S/C13H16N2OS2/c1-7(2)12-14-5-9(17-12)11(16)10-6-15-13(18-10)8(3)4/h5-8H,1-4H3. The van der Waals surface area contributed by atoms with Gasteiger partial charge >= 0.3 is 0 Å². The van der Waals surface area contributed by atoms with Crippen LogP contribution in [0.2, 0.25) is 0 Å². The molecule has 0 amide bonds. The number of thiazole rings is 2. The zero-order valence-corrected chi connectivity index (χ0v) is 12.6. The van der Waals surface area contributed by atoms with Gasteiger partial charge < -0.3 is 0 Å². The summed E-state index contributed by atoms with van der Waals surface area (Å²) in [7, 11) is 0. The van der Waals surface area contributed by atoms with Crippen LogP contribution in [0.15, 0.2) is 12.4 Å². The molecule has 18 heavy (non-hydrogen) atoms. The minimum absolute atomic E-state index is 0.0452. The molecule has 0 N–H and O–H groups in total. The Labute approximate surface area is 115 Å². The lowest BCUT2D eigenvalue weighted by atomic mass is 10.2. The summed E-state index contributed by atoms with van der Waals surface area (Å²) in [5, 5.41) is 2.01. The average Bonchev–Trinajstić information content (AvgIpc) is 2.97. The molecule has 0 radical (unpaired) electrons. The monoisotopic (exact) mass is 280 g/mol. The Bertz CT molecular complexity index is 507. The molecule has 0 saturated carbocycles. The number of carbonyl (C=O) groups excluding carboxylic acids is 1. The zero-order chi connectivity index (χ0) is 13.3. The number of rotatable bonds is 4. The minimum Gasteiger partial charge on any atom is -0.287 e. The lowest BCUT2D eigenvalue weighted by Crippen LogP contribution is -1.94. The van der Waals surface area contributed by atoms with E-state index in [1.54, 1.807) is 12.4 Å². The van der Waals surface area contributed by atoms with E-state index in [1.165, 1.54) is 22.7 Å². The van der Waals surface area contributed by atoms with E-state index in [-0.39, 0.29) is 5.78 Å². The third-order valence-electron chi connectivity index (χ3n) is 2.48. The molecule has 5 heteroatoms. The first kappa shape index (κ1) is 13.4. The molecule has 2 aromatic heterocycles. The van der Waals surface area contributed by atoms with Gasteiger partial charge in [0, 0.05) is 24.2 Å². The van der Waals surface area contributed by atoms with Crippen LogP contribution in [0.4, 0.5) is 0 Å². The molecule has 0 aliphatic carbocycles. The first-order chi connectivity index (χ1) is 8.49. The molecule has 2 rings (SSSR count). The van der Waals surface area contributed by atoms with E-state index in [9.17, 15) is 4.79 Å². The maximum atomic E-state index is 12.3. The van der Waals surface area contributed by atoms with Crippen molar-refractivity contribution < 1.29 is 4.79 Å². The summed E-state index contributed by atoms with van der Waals surface area (Å²) >= 11 is 2.96. The molecule has 0 aromatic carbocycles. The summed E-state index contributed by atoms with van der Waals surface area (Å²) in [6.07, 6.45) is 3.36. The van der Waals surface area contributed by atoms with Crippen molar-refractivity contribution in [3.05, 3.63) is 32.2 Å². The van der Waals surface area contributed by atoms with Crippen molar-refractivity contribution >= 4 is 28.5 Å². The van der Waals surface area contributed by atoms with Gasteiger partial charge in [-0.1, -0.05) is 27.7 Å². The predicted octanol–water partition coefficient (Wildman–Crippen LogP) is 4.08. The molecule has 2 heterocycles. The van der Waals surface area contributed by atoms with Gasteiger partial charge in [0.2, 0.25) is 5.78 Å². The summed E-state index contributed by atoms with van der Waals surface area (Å²) in [6, 6.07) is 0. The van der Waals surface area contributed by atoms with Crippen LogP contribution in [-0.4, -0.2) is 15.8 Å². The first-order valence-electron chi connectivity index (χ1n) is 5.95. The van der Waals surface area contributed by atoms with Crippen molar-refractivity contribution in [2.24, 2.45) is 0 Å². The van der Waals surface area contributed by atoms with Crippen molar-refractivity contribution in [3.8, 4) is 0 Å². The van der Waals surface area contributed by atoms with Gasteiger partial charge in [0.1, 0.15) is 0 Å². The van der Waals surface area contributed by atoms with E-state index in [1.807, 2.05) is 0 Å². The van der Waals surface area contributed by atoms with Crippen LogP contribution in [0.25, 0.3) is 0 Å². The molecule has 0 saturated heterocycles. The lowest BCUT2D eigenvalue weighted by Gasteiger charge is -1.96. The van der Waals surface area contributed by atoms with E-state index >= 15 is 0 Å². The van der Waals surface area contributed by atoms with Crippen LogP contribution in [0.5, 0.6) is 0 Å². The van der Waals surface area contributed by atoms with E-state index in [2.05, 4.69) is 37.7 Å². The van der Waals surface area contributed by atoms with Gasteiger partial charge in [0.15, 0.2) is 0 Å². The van der Waals surface area contributed by atoms with Crippen LogP contribution < -0.4 is 0 Å². The number of hydrogen-bond acceptors (Lipinski definition) is 5. The summed E-state index contributed by atoms with van der Waals surface area (Å²) in [6.45, 7) is 8.32. The molecule has 3 nitrogen and oxygen atoms in total. The van der Waals surface area contributed by atoms with Crippen molar-refractivity contribution in [1.82, 2.24) is 9.97 Å². The van der Waals surface area contributed by atoms with Gasteiger partial charge in [0.05, 0.1) is 19.8 Å². The fourth-order valence-corrected chi connectivity index (χ4v) is 3.25. The molecule has 0 unspecified atom stereocenters. The third-order valence-corrected chi connectivity index (χ3v) is 5.08. The largest absolute Gasteiger partial charge is 0.287 e. The van der Waals surface area contributed by atoms with Crippen molar-refractivity contribution in [1.29, 1.82) is 0 Å². The van der Waals surface area contributed by atoms with Gasteiger partial charge in [-0.3, -0.25) is 4.79 Å². The first-order valence-corrected chi connectivity index (χ1v) is 7.58. The second-order valence-corrected chi connectivity index (χ2v) is 6.89. The molecule has 0 atom stereocenters. The Morgan fingerprint density at radius 3 is 1.61 bits per heavy atom. The highest BCUT2D eigenvalue weighted by Gasteiger charge is 2.17. The van der Waals surface area contributed by atoms with Gasteiger partial charge in [0.25, 0.3) is 0 Å². The number of nitrogens with zero attached hydrogens (tertiary/aromatic N) is 2. The van der Waals surface area contributed by atoms with Crippen LogP contribution in [-0.2, 0) is 0 Å². The van der Waals surface area contributed by atoms with Crippen LogP contribution in [0.1, 0.15) is 64.1 Å². The van der Waals surface area contributed by atoms with Crippen molar-refractivity contribution in [3.63, 3.8) is 0 Å². The Hall–Kier alpha value is -1.07. The van der Waals surface area contributed by atoms with Gasteiger partial charge in [-0.15, -0.1) is 22.7 Å². The minimum atomic E-state index is 0.0452. The summed E-state index contributed by atoms with van der Waals surface area (Å²) in [5.41, 5.74) is 0. The Morgan fingerprint density at radius 1 is 0.944 bits per heavy atom. The van der Waals surface area contributed by atoms with E-state index < -0.39 is 0 Å². The summed E-state index contributed by atoms with van der Waals surface area (Å²) in [5.74, 6) is 0.775. The number of aromatic nitrogens is 2. The molecule has 0 aliphatic heterocycles. The molecule has 0 fully saturated rings. The highest BCUT2D eigenvalue weighted by atomic mass is 32.1. The smallest absolute Gasteiger partial charge is 0.216 e. The highest BCUT2D eigenvalue weighted by Crippen LogP contribution is 2.27. The molecule has 0 bridgehead atoms. The summed E-state index contributed by atoms with van der Waals surface area (Å²) in [4.78, 5) is 22.2. The summed E-state index contributed by atoms with van der Waals surface area (Å²) < 4.78 is 0. The van der Waals surface area contributed by atoms with Gasteiger partial charge in [-0.2, -0.15) is 0 Å². The number of ketones is 1. The molecular formula is C13H16N2OS2. The molecule has 2 aromatic rings. The predicted molar refractivity (Wildman–Crippen MR) is 75.8 cm³/mol. The average molecular weight is 280 g/mol. The number of carbonyl (C=O) groups is 1. The second kappa shape index (κ2) is 5.28. The molecular weight excluding hydrogens is 264 g/mol.